The maximum atomic E-state index is 12.0. The van der Waals surface area contributed by atoms with Gasteiger partial charge >= 0.3 is 0 Å². The zero-order valence-electron chi connectivity index (χ0n) is 95.2. The second-order valence-corrected chi connectivity index (χ2v) is 37.1. The normalized spacial score (nSPS) is 11.0. The molecule has 0 aliphatic rings. The second kappa shape index (κ2) is 92.8. The summed E-state index contributed by atoms with van der Waals surface area (Å²) in [6.45, 7) is 46.7. The number of hydrogen-bond donors (Lipinski definition) is 6. The molecule has 5 aromatic rings. The highest BCUT2D eigenvalue weighted by Crippen LogP contribution is 2.38. The van der Waals surface area contributed by atoms with E-state index in [9.17, 15) is 38.4 Å². The van der Waals surface area contributed by atoms with E-state index >= 15 is 0 Å². The van der Waals surface area contributed by atoms with E-state index in [0.29, 0.717) is 113 Å². The van der Waals surface area contributed by atoms with Gasteiger partial charge in [-0.3, -0.25) is 38.4 Å². The highest BCUT2D eigenvalue weighted by Gasteiger charge is 2.23. The van der Waals surface area contributed by atoms with Crippen LogP contribution >= 0.6 is 0 Å². The van der Waals surface area contributed by atoms with E-state index in [1.54, 1.807) is 60.7 Å². The third-order valence-corrected chi connectivity index (χ3v) is 23.9. The monoisotopic (exact) mass is 2020 g/mol. The molecule has 0 aliphatic carbocycles. The van der Waals surface area contributed by atoms with E-state index < -0.39 is 0 Å². The number of carbonyl (C=O) groups excluding carboxylic acids is 8. The van der Waals surface area contributed by atoms with Crippen LogP contribution in [0.2, 0.25) is 0 Å². The molecule has 24 nitrogen and oxygen atoms in total. The maximum absolute atomic E-state index is 12.0. The summed E-state index contributed by atoms with van der Waals surface area (Å²) in [4.78, 5) is 92.5. The average Bonchev–Trinajstić information content (AvgIpc) is 0.827. The lowest BCUT2D eigenvalue weighted by molar-refractivity contribution is -0.125. The summed E-state index contributed by atoms with van der Waals surface area (Å²) >= 11 is 0. The summed E-state index contributed by atoms with van der Waals surface area (Å²) in [5.74, 6) is 8.44. The van der Waals surface area contributed by atoms with Gasteiger partial charge in [-0.05, 0) is 288 Å². The molecule has 0 saturated carbocycles. The van der Waals surface area contributed by atoms with Crippen molar-refractivity contribution in [1.29, 1.82) is 0 Å². The minimum absolute atomic E-state index is 0.0219. The van der Waals surface area contributed by atoms with Crippen LogP contribution in [0.25, 0.3) is 0 Å². The Morgan fingerprint density at radius 1 is 0.250 bits per heavy atom. The Balaban J connectivity index is 0. The van der Waals surface area contributed by atoms with Gasteiger partial charge in [0, 0.05) is 75.5 Å². The summed E-state index contributed by atoms with van der Waals surface area (Å²) in [5.41, 5.74) is 7.49. The molecule has 144 heavy (non-hydrogen) atoms. The number of unbranched alkanes of at least 4 members (excludes halogenated alkanes) is 22. The van der Waals surface area contributed by atoms with Crippen molar-refractivity contribution < 1.29 is 85.7 Å². The summed E-state index contributed by atoms with van der Waals surface area (Å²) in [5, 5.41) is 18.6. The molecule has 0 unspecified atom stereocenters. The molecule has 0 aliphatic heterocycles. The minimum Gasteiger partial charge on any atom is -0.493 e. The molecule has 24 heteroatoms. The highest BCUT2D eigenvalue weighted by molar-refractivity contribution is 5.97. The van der Waals surface area contributed by atoms with E-state index in [2.05, 4.69) is 101 Å². The lowest BCUT2D eigenvalue weighted by atomic mass is 10.0. The van der Waals surface area contributed by atoms with Gasteiger partial charge in [0.25, 0.3) is 0 Å². The van der Waals surface area contributed by atoms with Crippen LogP contribution < -0.4 is 79.3 Å². The SMILES string of the molecule is CCCCCCCCC(=O)[C@H](CC(C)=O)NC.CCCCCOc1cc(C(C)=O)cc(OCCCCC)c1CCCNC.CCCCCOc1cc(C(C)=O)cc(OCCCCC)c1CCCNC.CCCCCOc1cc(C(C)=O)cc(OCCCCC)c1CNC.CCCCCOc1cc(OCCCCC)cc(C(C)=O)c1.CCCC[C@H](NC)C(C)=O.CCOc1cc(C(C)=O)cc(OCC)c1CCCNC. The quantitative estimate of drug-likeness (QED) is 0.0156. The van der Waals surface area contributed by atoms with Crippen LogP contribution in [-0.4, -0.2) is 186 Å². The molecule has 5 aromatic carbocycles. The number of hydrogen-bond acceptors (Lipinski definition) is 24. The molecule has 0 radical (unpaired) electrons. The van der Waals surface area contributed by atoms with Crippen LogP contribution in [0.3, 0.4) is 0 Å². The van der Waals surface area contributed by atoms with Crippen molar-refractivity contribution in [3.8, 4) is 57.5 Å². The Hall–Kier alpha value is -8.78. The molecule has 0 saturated heterocycles. The first-order valence-electron chi connectivity index (χ1n) is 55.7. The molecule has 0 heterocycles. The summed E-state index contributed by atoms with van der Waals surface area (Å²) < 4.78 is 59.1. The third-order valence-electron chi connectivity index (χ3n) is 23.9. The number of carbonyl (C=O) groups is 8. The Labute approximate surface area is 874 Å². The Morgan fingerprint density at radius 2 is 0.493 bits per heavy atom. The number of Topliss-reactive ketones (excluding diaryl/α,β-unsaturated/α-hetero) is 8. The molecule has 5 rings (SSSR count). The molecule has 0 spiro atoms. The van der Waals surface area contributed by atoms with Gasteiger partial charge in [0.2, 0.25) is 0 Å². The first kappa shape index (κ1) is 137. The van der Waals surface area contributed by atoms with Crippen molar-refractivity contribution in [1.82, 2.24) is 31.9 Å². The lowest BCUT2D eigenvalue weighted by Crippen LogP contribution is -2.35. The topological polar surface area (TPSA) is 301 Å². The lowest BCUT2D eigenvalue weighted by Gasteiger charge is -2.18. The van der Waals surface area contributed by atoms with Crippen LogP contribution in [0.5, 0.6) is 57.5 Å². The minimum atomic E-state index is -0.275. The fourth-order valence-corrected chi connectivity index (χ4v) is 15.2. The van der Waals surface area contributed by atoms with E-state index in [-0.39, 0.29) is 58.3 Å². The zero-order valence-corrected chi connectivity index (χ0v) is 95.2. The van der Waals surface area contributed by atoms with E-state index in [1.165, 1.54) is 45.4 Å². The van der Waals surface area contributed by atoms with Crippen LogP contribution in [0.1, 0.15) is 450 Å². The van der Waals surface area contributed by atoms with Crippen molar-refractivity contribution in [2.45, 2.75) is 413 Å². The van der Waals surface area contributed by atoms with Crippen molar-refractivity contribution >= 4 is 46.3 Å². The number of rotatable bonds is 79. The van der Waals surface area contributed by atoms with Crippen LogP contribution in [0.4, 0.5) is 0 Å². The molecule has 6 N–H and O–H groups in total. The first-order chi connectivity index (χ1) is 69.5. The number of ether oxygens (including phenoxy) is 10. The van der Waals surface area contributed by atoms with Gasteiger partial charge in [0.1, 0.15) is 74.8 Å². The van der Waals surface area contributed by atoms with Crippen LogP contribution in [0, 0.1) is 0 Å². The fraction of sp³-hybridized carbons (Fsp3) is 0.683. The van der Waals surface area contributed by atoms with Gasteiger partial charge in [-0.2, -0.15) is 0 Å². The van der Waals surface area contributed by atoms with Gasteiger partial charge in [-0.15, -0.1) is 0 Å². The zero-order chi connectivity index (χ0) is 108. The standard InChI is InChI=1S/2C22H37NO3.C20H33NO3.C18H28O3.C16H25NO3.C14H27NO2.C8H17NO/c2*1-5-7-9-14-25-21-16-19(18(3)24)17-22(26-15-10-8-6-2)20(21)12-11-13-23-4;1-5-7-9-11-23-19-13-17(16(3)22)14-20(18(19)15-21-4)24-12-10-8-6-2;1-4-6-8-10-20-17-12-16(15(3)19)13-18(14-17)21-11-9-7-5-2;1-5-19-15-10-13(12(3)18)11-16(20-6-2)14(15)8-7-9-17-4;1-4-5-6-7-8-9-10-14(17)13(15-3)11-12(2)16;1-4-5-6-8(9-3)7(2)10/h2*16-17,23H,5-15H2,1-4H3;13-14,21H,5-12,15H2,1-4H3;12-14H,4-11H2,1-3H3;10-11,17H,5-9H2,1-4H3;13,15H,4-11H2,1-3H3;8-9H,4-6H2,1-3H3/t;;;;;13-;8-/m.....00/s1. The maximum Gasteiger partial charge on any atom is 0.160 e. The van der Waals surface area contributed by atoms with Gasteiger partial charge < -0.3 is 79.3 Å². The Morgan fingerprint density at radius 3 is 0.729 bits per heavy atom. The number of likely N-dealkylation sites (N-methyl/N-ethyl adjacent to an activating group) is 2. The predicted octanol–water partition coefficient (Wildman–Crippen LogP) is 27.2. The third kappa shape index (κ3) is 66.4. The van der Waals surface area contributed by atoms with E-state index in [1.807, 2.05) is 104 Å². The smallest absolute Gasteiger partial charge is 0.160 e. The number of benzene rings is 5. The molecular weight excluding hydrogens is 1810 g/mol. The van der Waals surface area contributed by atoms with Crippen LogP contribution in [-0.2, 0) is 40.2 Å². The van der Waals surface area contributed by atoms with Gasteiger partial charge in [0.05, 0.1) is 78.2 Å². The molecule has 822 valence electrons. The van der Waals surface area contributed by atoms with Gasteiger partial charge in [0.15, 0.2) is 28.9 Å². The van der Waals surface area contributed by atoms with Gasteiger partial charge in [-0.1, -0.05) is 217 Å². The van der Waals surface area contributed by atoms with E-state index in [0.717, 1.165) is 311 Å². The first-order valence-corrected chi connectivity index (χ1v) is 55.7. The predicted molar refractivity (Wildman–Crippen MR) is 598 cm³/mol. The van der Waals surface area contributed by atoms with Crippen molar-refractivity contribution in [3.05, 3.63) is 117 Å². The summed E-state index contributed by atoms with van der Waals surface area (Å²) in [6, 6.07) is 20.2. The molecule has 0 amide bonds. The molecule has 0 fully saturated rings. The Kier molecular flexibility index (Phi) is 88.4. The number of ketones is 8. The molecule has 2 atom stereocenters. The highest BCUT2D eigenvalue weighted by atomic mass is 16.5. The molecule has 0 aromatic heterocycles. The van der Waals surface area contributed by atoms with E-state index in [4.69, 9.17) is 47.4 Å². The van der Waals surface area contributed by atoms with Crippen LogP contribution in [0.15, 0.2) is 66.7 Å². The average molecular weight is 2020 g/mol. The van der Waals surface area contributed by atoms with Crippen molar-refractivity contribution in [2.75, 3.05) is 128 Å². The van der Waals surface area contributed by atoms with Crippen molar-refractivity contribution in [3.63, 3.8) is 0 Å². The second-order valence-electron chi connectivity index (χ2n) is 37.1. The molecular formula is C120H204N6O18. The van der Waals surface area contributed by atoms with Gasteiger partial charge in [-0.25, -0.2) is 0 Å². The molecule has 0 bridgehead atoms. The number of nitrogens with one attached hydrogen (secondary N) is 6. The summed E-state index contributed by atoms with van der Waals surface area (Å²) in [6.07, 6.45) is 43.7. The Bertz CT molecular complexity index is 3920. The summed E-state index contributed by atoms with van der Waals surface area (Å²) in [7, 11) is 11.3. The fourth-order valence-electron chi connectivity index (χ4n) is 15.2. The van der Waals surface area contributed by atoms with Crippen molar-refractivity contribution in [2.24, 2.45) is 0 Å². The largest absolute Gasteiger partial charge is 0.493 e.